The lowest BCUT2D eigenvalue weighted by Crippen LogP contribution is -2.29. The maximum Gasteiger partial charge on any atom is 0.268 e. The van der Waals surface area contributed by atoms with Crippen molar-refractivity contribution in [3.8, 4) is 5.75 Å². The number of carbonyl (C=O) groups is 1. The van der Waals surface area contributed by atoms with Crippen LogP contribution >= 0.6 is 11.3 Å². The Morgan fingerprint density at radius 2 is 2.11 bits per heavy atom. The van der Waals surface area contributed by atoms with Crippen molar-refractivity contribution in [1.82, 2.24) is 0 Å². The molecule has 18 heavy (non-hydrogen) atoms. The number of rotatable bonds is 3. The van der Waals surface area contributed by atoms with Gasteiger partial charge in [-0.3, -0.25) is 4.79 Å². The fourth-order valence-corrected chi connectivity index (χ4v) is 2.60. The Hall–Kier alpha value is -1.81. The average molecular weight is 261 g/mol. The number of phenols is 1. The molecule has 0 spiro atoms. The Morgan fingerprint density at radius 3 is 2.67 bits per heavy atom. The number of aryl methyl sites for hydroxylation is 1. The molecule has 0 saturated heterocycles. The lowest BCUT2D eigenvalue weighted by Gasteiger charge is -2.20. The molecule has 1 N–H and O–H groups in total. The molecule has 2 aromatic rings. The molecule has 1 aromatic carbocycles. The molecule has 4 heteroatoms. The van der Waals surface area contributed by atoms with Gasteiger partial charge in [0.1, 0.15) is 5.75 Å². The zero-order chi connectivity index (χ0) is 13.1. The quantitative estimate of drug-likeness (QED) is 0.919. The van der Waals surface area contributed by atoms with E-state index in [1.807, 2.05) is 32.0 Å². The lowest BCUT2D eigenvalue weighted by molar-refractivity contribution is 0.0992. The molecule has 0 aliphatic carbocycles. The summed E-state index contributed by atoms with van der Waals surface area (Å²) < 4.78 is 0. The second kappa shape index (κ2) is 5.23. The molecule has 1 amide bonds. The standard InChI is InChI=1S/C14H15NO2S/c1-3-15(11-5-4-6-12(16)9-11)14(17)13-8-7-10(2)18-13/h4-9,16H,3H2,1-2H3. The van der Waals surface area contributed by atoms with Crippen LogP contribution in [0.25, 0.3) is 0 Å². The van der Waals surface area contributed by atoms with Crippen molar-refractivity contribution >= 4 is 22.9 Å². The lowest BCUT2D eigenvalue weighted by atomic mass is 10.2. The average Bonchev–Trinajstić information content (AvgIpc) is 2.77. The first-order valence-electron chi connectivity index (χ1n) is 5.79. The molecule has 3 nitrogen and oxygen atoms in total. The summed E-state index contributed by atoms with van der Waals surface area (Å²) in [4.78, 5) is 15.8. The van der Waals surface area contributed by atoms with Crippen LogP contribution in [0.4, 0.5) is 5.69 Å². The van der Waals surface area contributed by atoms with Crippen LogP contribution in [0.2, 0.25) is 0 Å². The van der Waals surface area contributed by atoms with Gasteiger partial charge in [0, 0.05) is 23.2 Å². The predicted molar refractivity (Wildman–Crippen MR) is 74.5 cm³/mol. The fourth-order valence-electron chi connectivity index (χ4n) is 1.79. The van der Waals surface area contributed by atoms with E-state index in [4.69, 9.17) is 0 Å². The summed E-state index contributed by atoms with van der Waals surface area (Å²) in [5, 5.41) is 9.48. The van der Waals surface area contributed by atoms with Gasteiger partial charge in [0.25, 0.3) is 5.91 Å². The Balaban J connectivity index is 2.31. The van der Waals surface area contributed by atoms with Gasteiger partial charge in [-0.05, 0) is 38.1 Å². The largest absolute Gasteiger partial charge is 0.508 e. The van der Waals surface area contributed by atoms with Crippen LogP contribution in [0, 0.1) is 6.92 Å². The van der Waals surface area contributed by atoms with Gasteiger partial charge < -0.3 is 10.0 Å². The van der Waals surface area contributed by atoms with E-state index in [0.29, 0.717) is 12.2 Å². The summed E-state index contributed by atoms with van der Waals surface area (Å²) in [6.45, 7) is 4.47. The first kappa shape index (κ1) is 12.6. The number of benzene rings is 1. The minimum Gasteiger partial charge on any atom is -0.508 e. The molecule has 1 aromatic heterocycles. The first-order valence-corrected chi connectivity index (χ1v) is 6.61. The molecule has 0 aliphatic heterocycles. The number of hydrogen-bond donors (Lipinski definition) is 1. The zero-order valence-corrected chi connectivity index (χ0v) is 11.2. The van der Waals surface area contributed by atoms with Gasteiger partial charge in [-0.2, -0.15) is 0 Å². The smallest absolute Gasteiger partial charge is 0.268 e. The van der Waals surface area contributed by atoms with Crippen molar-refractivity contribution < 1.29 is 9.90 Å². The summed E-state index contributed by atoms with van der Waals surface area (Å²) >= 11 is 1.48. The molecule has 0 unspecified atom stereocenters. The van der Waals surface area contributed by atoms with Crippen molar-refractivity contribution in [1.29, 1.82) is 0 Å². The molecule has 0 aliphatic rings. The predicted octanol–water partition coefficient (Wildman–Crippen LogP) is 3.43. The van der Waals surface area contributed by atoms with Crippen LogP contribution in [0.3, 0.4) is 0 Å². The molecular formula is C14H15NO2S. The second-order valence-electron chi connectivity index (χ2n) is 3.98. The third-order valence-corrected chi connectivity index (χ3v) is 3.64. The Bertz CT molecular complexity index is 562. The van der Waals surface area contributed by atoms with Crippen molar-refractivity contribution in [2.45, 2.75) is 13.8 Å². The topological polar surface area (TPSA) is 40.5 Å². The highest BCUT2D eigenvalue weighted by molar-refractivity contribution is 7.14. The zero-order valence-electron chi connectivity index (χ0n) is 10.4. The van der Waals surface area contributed by atoms with Gasteiger partial charge >= 0.3 is 0 Å². The van der Waals surface area contributed by atoms with Gasteiger partial charge in [-0.25, -0.2) is 0 Å². The molecule has 2 rings (SSSR count). The van der Waals surface area contributed by atoms with Crippen LogP contribution in [0.5, 0.6) is 5.75 Å². The SMILES string of the molecule is CCN(C(=O)c1ccc(C)s1)c1cccc(O)c1. The Labute approximate surface area is 110 Å². The number of anilines is 1. The number of phenolic OH excluding ortho intramolecular Hbond substituents is 1. The van der Waals surface area contributed by atoms with Crippen LogP contribution in [-0.2, 0) is 0 Å². The maximum atomic E-state index is 12.4. The van der Waals surface area contributed by atoms with E-state index in [1.165, 1.54) is 11.3 Å². The Kier molecular flexibility index (Phi) is 3.67. The van der Waals surface area contributed by atoms with E-state index in [2.05, 4.69) is 0 Å². The first-order chi connectivity index (χ1) is 8.61. The molecule has 0 saturated carbocycles. The molecule has 1 heterocycles. The van der Waals surface area contributed by atoms with E-state index in [-0.39, 0.29) is 11.7 Å². The van der Waals surface area contributed by atoms with Gasteiger partial charge in [-0.15, -0.1) is 11.3 Å². The van der Waals surface area contributed by atoms with E-state index >= 15 is 0 Å². The summed E-state index contributed by atoms with van der Waals surface area (Å²) in [5.74, 6) is 0.141. The van der Waals surface area contributed by atoms with E-state index in [1.54, 1.807) is 23.1 Å². The van der Waals surface area contributed by atoms with Crippen molar-refractivity contribution in [3.63, 3.8) is 0 Å². The van der Waals surface area contributed by atoms with E-state index in [9.17, 15) is 9.90 Å². The number of thiophene rings is 1. The van der Waals surface area contributed by atoms with Crippen molar-refractivity contribution in [3.05, 3.63) is 46.2 Å². The molecule has 0 atom stereocenters. The summed E-state index contributed by atoms with van der Waals surface area (Å²) in [7, 11) is 0. The number of amides is 1. The van der Waals surface area contributed by atoms with Crippen LogP contribution < -0.4 is 4.90 Å². The summed E-state index contributed by atoms with van der Waals surface area (Å²) in [6.07, 6.45) is 0. The van der Waals surface area contributed by atoms with Gasteiger partial charge in [-0.1, -0.05) is 6.07 Å². The molecular weight excluding hydrogens is 246 g/mol. The molecule has 0 radical (unpaired) electrons. The van der Waals surface area contributed by atoms with Crippen molar-refractivity contribution in [2.75, 3.05) is 11.4 Å². The number of aromatic hydroxyl groups is 1. The minimum atomic E-state index is -0.0267. The minimum absolute atomic E-state index is 0.0267. The highest BCUT2D eigenvalue weighted by Crippen LogP contribution is 2.24. The molecule has 0 fully saturated rings. The molecule has 94 valence electrons. The Morgan fingerprint density at radius 1 is 1.33 bits per heavy atom. The number of hydrogen-bond acceptors (Lipinski definition) is 3. The van der Waals surface area contributed by atoms with E-state index < -0.39 is 0 Å². The highest BCUT2D eigenvalue weighted by atomic mass is 32.1. The van der Waals surface area contributed by atoms with Gasteiger partial charge in [0.05, 0.1) is 4.88 Å². The third-order valence-electron chi connectivity index (χ3n) is 2.65. The number of nitrogens with zero attached hydrogens (tertiary/aromatic N) is 1. The second-order valence-corrected chi connectivity index (χ2v) is 5.27. The monoisotopic (exact) mass is 261 g/mol. The van der Waals surface area contributed by atoms with Crippen LogP contribution in [0.15, 0.2) is 36.4 Å². The number of carbonyl (C=O) groups excluding carboxylic acids is 1. The van der Waals surface area contributed by atoms with E-state index in [0.717, 1.165) is 9.75 Å². The van der Waals surface area contributed by atoms with Crippen LogP contribution in [0.1, 0.15) is 21.5 Å². The highest BCUT2D eigenvalue weighted by Gasteiger charge is 2.17. The van der Waals surface area contributed by atoms with Gasteiger partial charge in [0.15, 0.2) is 0 Å². The van der Waals surface area contributed by atoms with Crippen molar-refractivity contribution in [2.24, 2.45) is 0 Å². The summed E-state index contributed by atoms with van der Waals surface area (Å²) in [5.41, 5.74) is 0.716. The maximum absolute atomic E-state index is 12.4. The third kappa shape index (κ3) is 2.54. The molecule has 0 bridgehead atoms. The fraction of sp³-hybridized carbons (Fsp3) is 0.214. The summed E-state index contributed by atoms with van der Waals surface area (Å²) in [6, 6.07) is 10.5. The normalized spacial score (nSPS) is 10.3. The van der Waals surface area contributed by atoms with Crippen LogP contribution in [-0.4, -0.2) is 17.6 Å². The van der Waals surface area contributed by atoms with Gasteiger partial charge in [0.2, 0.25) is 0 Å².